The fourth-order valence-corrected chi connectivity index (χ4v) is 2.64. The van der Waals surface area contributed by atoms with Crippen molar-refractivity contribution in [1.29, 1.82) is 0 Å². The van der Waals surface area contributed by atoms with Gasteiger partial charge in [-0.25, -0.2) is 4.79 Å². The van der Waals surface area contributed by atoms with E-state index in [4.69, 9.17) is 9.26 Å². The Morgan fingerprint density at radius 2 is 2.26 bits per heavy atom. The number of amides is 2. The zero-order valence-electron chi connectivity index (χ0n) is 13.3. The lowest BCUT2D eigenvalue weighted by atomic mass is 10.0. The second-order valence-corrected chi connectivity index (χ2v) is 5.66. The molecule has 0 bridgehead atoms. The largest absolute Gasteiger partial charge is 0.491 e. The molecule has 1 aromatic heterocycles. The summed E-state index contributed by atoms with van der Waals surface area (Å²) in [7, 11) is 0. The molecule has 2 aromatic rings. The Bertz CT molecular complexity index is 698. The molecule has 0 radical (unpaired) electrons. The molecule has 0 saturated carbocycles. The summed E-state index contributed by atoms with van der Waals surface area (Å²) in [6.07, 6.45) is 1.28. The minimum Gasteiger partial charge on any atom is -0.491 e. The lowest BCUT2D eigenvalue weighted by Gasteiger charge is -2.27. The van der Waals surface area contributed by atoms with Crippen LogP contribution < -0.4 is 15.4 Å². The molecule has 1 aliphatic rings. The Morgan fingerprint density at radius 1 is 1.39 bits per heavy atom. The predicted octanol–water partition coefficient (Wildman–Crippen LogP) is 1.53. The van der Waals surface area contributed by atoms with Crippen LogP contribution in [0.4, 0.5) is 4.79 Å². The fraction of sp³-hybridized carbons (Fsp3) is 0.438. The number of urea groups is 1. The summed E-state index contributed by atoms with van der Waals surface area (Å²) in [5.41, 5.74) is 2.25. The second-order valence-electron chi connectivity index (χ2n) is 5.66. The Hall–Kier alpha value is -2.57. The number of aryl methyl sites for hydroxylation is 2. The summed E-state index contributed by atoms with van der Waals surface area (Å²) in [6.45, 7) is 4.71. The van der Waals surface area contributed by atoms with Gasteiger partial charge in [0.2, 0.25) is 5.89 Å². The van der Waals surface area contributed by atoms with Crippen molar-refractivity contribution >= 4 is 6.03 Å². The second kappa shape index (κ2) is 6.68. The smallest absolute Gasteiger partial charge is 0.315 e. The molecular formula is C16H20N4O3. The lowest BCUT2D eigenvalue weighted by molar-refractivity contribution is 0.214. The number of aromatic nitrogens is 2. The van der Waals surface area contributed by atoms with Crippen LogP contribution in [-0.4, -0.2) is 35.4 Å². The molecule has 23 heavy (non-hydrogen) atoms. The van der Waals surface area contributed by atoms with Gasteiger partial charge in [0.05, 0.1) is 6.04 Å². The maximum atomic E-state index is 11.9. The molecule has 1 aromatic carbocycles. The Kier molecular flexibility index (Phi) is 4.45. The van der Waals surface area contributed by atoms with Crippen LogP contribution in [0, 0.1) is 13.8 Å². The van der Waals surface area contributed by atoms with Gasteiger partial charge in [0.25, 0.3) is 0 Å². The van der Waals surface area contributed by atoms with Gasteiger partial charge in [0, 0.05) is 13.0 Å². The highest BCUT2D eigenvalue weighted by Crippen LogP contribution is 2.28. The minimum absolute atomic E-state index is 0.0325. The van der Waals surface area contributed by atoms with Crippen molar-refractivity contribution in [1.82, 2.24) is 20.8 Å². The van der Waals surface area contributed by atoms with Crippen LogP contribution in [0.3, 0.4) is 0 Å². The van der Waals surface area contributed by atoms with Crippen molar-refractivity contribution in [3.05, 3.63) is 41.0 Å². The number of nitrogens with zero attached hydrogens (tertiary/aromatic N) is 2. The summed E-state index contributed by atoms with van der Waals surface area (Å²) in [6, 6.07) is 5.82. The van der Waals surface area contributed by atoms with Gasteiger partial charge in [0.1, 0.15) is 12.4 Å². The maximum absolute atomic E-state index is 11.9. The van der Waals surface area contributed by atoms with Crippen LogP contribution >= 0.6 is 0 Å². The number of benzene rings is 1. The number of hydrogen-bond donors (Lipinski definition) is 2. The normalized spacial score (nSPS) is 16.3. The third-order valence-corrected chi connectivity index (χ3v) is 3.72. The van der Waals surface area contributed by atoms with Crippen LogP contribution in [-0.2, 0) is 12.8 Å². The van der Waals surface area contributed by atoms with Crippen LogP contribution in [0.25, 0.3) is 0 Å². The van der Waals surface area contributed by atoms with Gasteiger partial charge in [-0.15, -0.1) is 0 Å². The minimum atomic E-state index is -0.217. The molecule has 0 aliphatic carbocycles. The van der Waals surface area contributed by atoms with Crippen LogP contribution in [0.1, 0.15) is 22.8 Å². The van der Waals surface area contributed by atoms with E-state index in [1.165, 1.54) is 0 Å². The molecule has 7 heteroatoms. The topological polar surface area (TPSA) is 89.3 Å². The summed E-state index contributed by atoms with van der Waals surface area (Å²) in [5.74, 6) is 2.06. The van der Waals surface area contributed by atoms with Crippen molar-refractivity contribution in [2.45, 2.75) is 32.7 Å². The molecule has 2 amide bonds. The highest BCUT2D eigenvalue weighted by molar-refractivity contribution is 5.74. The average molecular weight is 316 g/mol. The Balaban J connectivity index is 1.45. The van der Waals surface area contributed by atoms with Crippen molar-refractivity contribution in [2.24, 2.45) is 0 Å². The average Bonchev–Trinajstić information content (AvgIpc) is 2.93. The van der Waals surface area contributed by atoms with Crippen molar-refractivity contribution in [2.75, 3.05) is 13.2 Å². The number of ether oxygens (including phenoxy) is 1. The van der Waals surface area contributed by atoms with Crippen molar-refractivity contribution in [3.8, 4) is 5.75 Å². The van der Waals surface area contributed by atoms with Gasteiger partial charge in [-0.3, -0.25) is 0 Å². The van der Waals surface area contributed by atoms with E-state index in [1.807, 2.05) is 25.1 Å². The molecule has 0 fully saturated rings. The summed E-state index contributed by atoms with van der Waals surface area (Å²) in [5, 5.41) is 9.42. The van der Waals surface area contributed by atoms with Gasteiger partial charge in [-0.2, -0.15) is 4.98 Å². The van der Waals surface area contributed by atoms with E-state index in [2.05, 4.69) is 20.8 Å². The van der Waals surface area contributed by atoms with Gasteiger partial charge in [-0.1, -0.05) is 23.4 Å². The Morgan fingerprint density at radius 3 is 3.04 bits per heavy atom. The standard InChI is InChI=1S/C16H20N4O3/c1-10-4-3-5-12-8-13(9-22-15(10)12)19-16(21)17-7-6-14-18-11(2)20-23-14/h3-5,13H,6-9H2,1-2H3,(H2,17,19,21)/t13-/m1/s1. The van der Waals surface area contributed by atoms with E-state index in [-0.39, 0.29) is 12.1 Å². The van der Waals surface area contributed by atoms with E-state index in [0.29, 0.717) is 31.3 Å². The monoisotopic (exact) mass is 316 g/mol. The first-order valence-corrected chi connectivity index (χ1v) is 7.66. The summed E-state index contributed by atoms with van der Waals surface area (Å²) < 4.78 is 10.8. The molecule has 0 unspecified atom stereocenters. The number of rotatable bonds is 4. The number of carbonyl (C=O) groups is 1. The molecule has 1 atom stereocenters. The fourth-order valence-electron chi connectivity index (χ4n) is 2.64. The van der Waals surface area contributed by atoms with Crippen LogP contribution in [0.5, 0.6) is 5.75 Å². The van der Waals surface area contributed by atoms with E-state index >= 15 is 0 Å². The highest BCUT2D eigenvalue weighted by atomic mass is 16.5. The van der Waals surface area contributed by atoms with Gasteiger partial charge in [0.15, 0.2) is 5.82 Å². The molecule has 2 N–H and O–H groups in total. The molecular weight excluding hydrogens is 296 g/mol. The van der Waals surface area contributed by atoms with Gasteiger partial charge < -0.3 is 19.9 Å². The first kappa shape index (κ1) is 15.3. The lowest BCUT2D eigenvalue weighted by Crippen LogP contribution is -2.47. The number of fused-ring (bicyclic) bond motifs is 1. The first-order chi connectivity index (χ1) is 11.1. The van der Waals surface area contributed by atoms with Crippen molar-refractivity contribution < 1.29 is 14.1 Å². The summed E-state index contributed by atoms with van der Waals surface area (Å²) >= 11 is 0. The van der Waals surface area contributed by atoms with Crippen LogP contribution in [0.15, 0.2) is 22.7 Å². The molecule has 0 saturated heterocycles. The molecule has 3 rings (SSSR count). The third-order valence-electron chi connectivity index (χ3n) is 3.72. The van der Waals surface area contributed by atoms with Gasteiger partial charge in [-0.05, 0) is 31.4 Å². The molecule has 1 aliphatic heterocycles. The van der Waals surface area contributed by atoms with Crippen molar-refractivity contribution in [3.63, 3.8) is 0 Å². The number of carbonyl (C=O) groups excluding carboxylic acids is 1. The zero-order chi connectivity index (χ0) is 16.2. The zero-order valence-corrected chi connectivity index (χ0v) is 13.3. The predicted molar refractivity (Wildman–Crippen MR) is 83.4 cm³/mol. The summed E-state index contributed by atoms with van der Waals surface area (Å²) in [4.78, 5) is 16.0. The Labute approximate surface area is 134 Å². The van der Waals surface area contributed by atoms with Crippen LogP contribution in [0.2, 0.25) is 0 Å². The molecule has 122 valence electrons. The SMILES string of the molecule is Cc1noc(CCNC(=O)N[C@H]2COc3c(C)cccc3C2)n1. The van der Waals surface area contributed by atoms with E-state index < -0.39 is 0 Å². The molecule has 0 spiro atoms. The van der Waals surface area contributed by atoms with E-state index in [9.17, 15) is 4.79 Å². The molecule has 2 heterocycles. The number of hydrogen-bond acceptors (Lipinski definition) is 5. The first-order valence-electron chi connectivity index (χ1n) is 7.66. The van der Waals surface area contributed by atoms with E-state index in [0.717, 1.165) is 23.3 Å². The quantitative estimate of drug-likeness (QED) is 0.893. The van der Waals surface area contributed by atoms with Gasteiger partial charge >= 0.3 is 6.03 Å². The number of para-hydroxylation sites is 1. The van der Waals surface area contributed by atoms with E-state index in [1.54, 1.807) is 6.92 Å². The maximum Gasteiger partial charge on any atom is 0.315 e. The number of nitrogens with one attached hydrogen (secondary N) is 2. The third kappa shape index (κ3) is 3.80. The molecule has 7 nitrogen and oxygen atoms in total. The highest BCUT2D eigenvalue weighted by Gasteiger charge is 2.22.